The van der Waals surface area contributed by atoms with Gasteiger partial charge < -0.3 is 10.6 Å². The minimum atomic E-state index is -0.114. The van der Waals surface area contributed by atoms with Gasteiger partial charge in [-0.25, -0.2) is 4.39 Å². The van der Waals surface area contributed by atoms with Crippen molar-refractivity contribution in [2.75, 3.05) is 13.1 Å². The minimum Gasteiger partial charge on any atom is -0.313 e. The Morgan fingerprint density at radius 3 is 2.46 bits per heavy atom. The molecule has 2 nitrogen and oxygen atoms in total. The lowest BCUT2D eigenvalue weighted by molar-refractivity contribution is 0.122. The second-order valence-electron chi connectivity index (χ2n) is 8.22. The van der Waals surface area contributed by atoms with E-state index in [4.69, 9.17) is 0 Å². The Balaban J connectivity index is 1.28. The Morgan fingerprint density at radius 1 is 1.04 bits per heavy atom. The fourth-order valence-electron chi connectivity index (χ4n) is 4.24. The van der Waals surface area contributed by atoms with E-state index in [1.165, 1.54) is 31.2 Å². The van der Waals surface area contributed by atoms with Crippen LogP contribution in [0.15, 0.2) is 54.6 Å². The van der Waals surface area contributed by atoms with Crippen LogP contribution in [-0.4, -0.2) is 19.1 Å². The molecule has 3 heteroatoms. The van der Waals surface area contributed by atoms with Crippen LogP contribution in [0.2, 0.25) is 0 Å². The fraction of sp³-hybridized carbons (Fsp3) is 0.478. The van der Waals surface area contributed by atoms with Crippen molar-refractivity contribution in [1.29, 1.82) is 0 Å². The summed E-state index contributed by atoms with van der Waals surface area (Å²) in [5.74, 6) is 0.565. The second kappa shape index (κ2) is 7.50. The molecule has 26 heavy (non-hydrogen) atoms. The molecule has 4 rings (SSSR count). The first-order valence-electron chi connectivity index (χ1n) is 9.93. The lowest BCUT2D eigenvalue weighted by Crippen LogP contribution is -2.48. The molecule has 3 atom stereocenters. The average Bonchev–Trinajstić information content (AvgIpc) is 3.41. The third kappa shape index (κ3) is 3.84. The Labute approximate surface area is 156 Å². The summed E-state index contributed by atoms with van der Waals surface area (Å²) in [6.45, 7) is 4.08. The van der Waals surface area contributed by atoms with Gasteiger partial charge in [-0.3, -0.25) is 0 Å². The molecular formula is C23H29FN2. The Kier molecular flexibility index (Phi) is 5.10. The molecule has 0 spiro atoms. The van der Waals surface area contributed by atoms with Crippen LogP contribution >= 0.6 is 0 Å². The summed E-state index contributed by atoms with van der Waals surface area (Å²) in [4.78, 5) is 0. The van der Waals surface area contributed by atoms with Crippen molar-refractivity contribution in [2.24, 2.45) is 5.41 Å². The maximum absolute atomic E-state index is 14.0. The van der Waals surface area contributed by atoms with Gasteiger partial charge in [-0.2, -0.15) is 0 Å². The van der Waals surface area contributed by atoms with Gasteiger partial charge in [0.1, 0.15) is 5.82 Å². The monoisotopic (exact) mass is 352 g/mol. The Bertz CT molecular complexity index is 726. The van der Waals surface area contributed by atoms with E-state index < -0.39 is 0 Å². The molecule has 2 N–H and O–H groups in total. The van der Waals surface area contributed by atoms with Crippen LogP contribution in [0, 0.1) is 11.2 Å². The van der Waals surface area contributed by atoms with Crippen molar-refractivity contribution >= 4 is 0 Å². The summed E-state index contributed by atoms with van der Waals surface area (Å²) in [5, 5.41) is 7.40. The largest absolute Gasteiger partial charge is 0.313 e. The van der Waals surface area contributed by atoms with E-state index in [2.05, 4.69) is 47.9 Å². The predicted molar refractivity (Wildman–Crippen MR) is 105 cm³/mol. The number of hydrogen-bond acceptors (Lipinski definition) is 2. The molecule has 2 aliphatic rings. The van der Waals surface area contributed by atoms with Crippen LogP contribution in [-0.2, 0) is 0 Å². The van der Waals surface area contributed by atoms with Crippen LogP contribution in [0.4, 0.5) is 4.39 Å². The highest BCUT2D eigenvalue weighted by Crippen LogP contribution is 2.44. The van der Waals surface area contributed by atoms with Crippen LogP contribution in [0.3, 0.4) is 0 Å². The molecule has 138 valence electrons. The first-order chi connectivity index (χ1) is 12.7. The molecule has 2 aromatic carbocycles. The molecule has 0 amide bonds. The number of hydrogen-bond donors (Lipinski definition) is 2. The van der Waals surface area contributed by atoms with Crippen LogP contribution < -0.4 is 10.6 Å². The van der Waals surface area contributed by atoms with Crippen LogP contribution in [0.5, 0.6) is 0 Å². The maximum Gasteiger partial charge on any atom is 0.127 e. The average molecular weight is 352 g/mol. The SMILES string of the molecule is CC(NCC1(CN[C@H]2CC2c2ccccc2)CCC1)c1ccccc1F. The van der Waals surface area contributed by atoms with E-state index in [-0.39, 0.29) is 11.9 Å². The van der Waals surface area contributed by atoms with Gasteiger partial charge in [0.15, 0.2) is 0 Å². The van der Waals surface area contributed by atoms with Gasteiger partial charge in [0.25, 0.3) is 0 Å². The van der Waals surface area contributed by atoms with Gasteiger partial charge in [-0.1, -0.05) is 55.0 Å². The van der Waals surface area contributed by atoms with E-state index in [1.807, 2.05) is 12.1 Å². The zero-order chi connectivity index (χ0) is 18.0. The molecule has 0 aromatic heterocycles. The zero-order valence-corrected chi connectivity index (χ0v) is 15.5. The fourth-order valence-corrected chi connectivity index (χ4v) is 4.24. The number of benzene rings is 2. The Morgan fingerprint density at radius 2 is 1.77 bits per heavy atom. The molecule has 2 saturated carbocycles. The lowest BCUT2D eigenvalue weighted by atomic mass is 9.68. The van der Waals surface area contributed by atoms with Gasteiger partial charge in [0.05, 0.1) is 0 Å². The smallest absolute Gasteiger partial charge is 0.127 e. The van der Waals surface area contributed by atoms with Crippen molar-refractivity contribution in [2.45, 2.75) is 50.6 Å². The highest BCUT2D eigenvalue weighted by Gasteiger charge is 2.42. The summed E-state index contributed by atoms with van der Waals surface area (Å²) in [6, 6.07) is 18.6. The van der Waals surface area contributed by atoms with Crippen molar-refractivity contribution in [3.8, 4) is 0 Å². The lowest BCUT2D eigenvalue weighted by Gasteiger charge is -2.43. The van der Waals surface area contributed by atoms with E-state index in [0.717, 1.165) is 18.7 Å². The van der Waals surface area contributed by atoms with E-state index in [9.17, 15) is 4.39 Å². The van der Waals surface area contributed by atoms with Gasteiger partial charge in [0.2, 0.25) is 0 Å². The van der Waals surface area contributed by atoms with Gasteiger partial charge in [0, 0.05) is 36.7 Å². The normalized spacial score (nSPS) is 24.7. The number of nitrogens with one attached hydrogen (secondary N) is 2. The molecular weight excluding hydrogens is 323 g/mol. The van der Waals surface area contributed by atoms with Crippen molar-refractivity contribution < 1.29 is 4.39 Å². The van der Waals surface area contributed by atoms with Crippen molar-refractivity contribution in [1.82, 2.24) is 10.6 Å². The van der Waals surface area contributed by atoms with Gasteiger partial charge in [-0.15, -0.1) is 0 Å². The molecule has 0 radical (unpaired) electrons. The maximum atomic E-state index is 14.0. The molecule has 0 bridgehead atoms. The molecule has 2 aliphatic carbocycles. The second-order valence-corrected chi connectivity index (χ2v) is 8.22. The van der Waals surface area contributed by atoms with Crippen molar-refractivity contribution in [3.63, 3.8) is 0 Å². The molecule has 0 aliphatic heterocycles. The van der Waals surface area contributed by atoms with E-state index in [1.54, 1.807) is 12.1 Å². The number of rotatable bonds is 8. The summed E-state index contributed by atoms with van der Waals surface area (Å²) in [6.07, 6.45) is 5.09. The summed E-state index contributed by atoms with van der Waals surface area (Å²) >= 11 is 0. The molecule has 2 aromatic rings. The van der Waals surface area contributed by atoms with Crippen molar-refractivity contribution in [3.05, 3.63) is 71.5 Å². The molecule has 2 unspecified atom stereocenters. The van der Waals surface area contributed by atoms with Crippen LogP contribution in [0.1, 0.15) is 55.7 Å². The highest BCUT2D eigenvalue weighted by atomic mass is 19.1. The first kappa shape index (κ1) is 17.7. The summed E-state index contributed by atoms with van der Waals surface area (Å²) < 4.78 is 14.0. The van der Waals surface area contributed by atoms with Crippen LogP contribution in [0.25, 0.3) is 0 Å². The molecule has 0 saturated heterocycles. The van der Waals surface area contributed by atoms with E-state index >= 15 is 0 Å². The molecule has 2 fully saturated rings. The first-order valence-corrected chi connectivity index (χ1v) is 9.93. The topological polar surface area (TPSA) is 24.1 Å². The number of halogens is 1. The minimum absolute atomic E-state index is 0.0478. The summed E-state index contributed by atoms with van der Waals surface area (Å²) in [7, 11) is 0. The standard InChI is InChI=1S/C23H29FN2/c1-17(19-10-5-6-11-21(19)24)25-15-23(12-7-13-23)16-26-22-14-20(22)18-8-3-2-4-9-18/h2-6,8-11,17,20,22,25-26H,7,12-16H2,1H3/t17?,20?,22-/m0/s1. The Hall–Kier alpha value is -1.71. The van der Waals surface area contributed by atoms with Gasteiger partial charge >= 0.3 is 0 Å². The highest BCUT2D eigenvalue weighted by molar-refractivity contribution is 5.27. The molecule has 0 heterocycles. The quantitative estimate of drug-likeness (QED) is 0.713. The predicted octanol–water partition coefficient (Wildman–Crippen LogP) is 4.79. The van der Waals surface area contributed by atoms with E-state index in [0.29, 0.717) is 17.4 Å². The van der Waals surface area contributed by atoms with Gasteiger partial charge in [-0.05, 0) is 43.2 Å². The zero-order valence-electron chi connectivity index (χ0n) is 15.5. The summed E-state index contributed by atoms with van der Waals surface area (Å²) in [5.41, 5.74) is 2.56. The third-order valence-corrected chi connectivity index (χ3v) is 6.33. The third-order valence-electron chi connectivity index (χ3n) is 6.33.